The van der Waals surface area contributed by atoms with E-state index in [1.807, 2.05) is 0 Å². The van der Waals surface area contributed by atoms with Crippen molar-refractivity contribution >= 4 is 6.29 Å². The minimum Gasteiger partial charge on any atom is -0.496 e. The molecule has 0 aliphatic rings. The monoisotopic (exact) mass is 206 g/mol. The van der Waals surface area contributed by atoms with Gasteiger partial charge in [-0.05, 0) is 31.9 Å². The molecule has 0 fully saturated rings. The second-order valence-corrected chi connectivity index (χ2v) is 3.01. The minimum atomic E-state index is 0.517. The maximum Gasteiger partial charge on any atom is 0.153 e. The molecule has 0 aromatic heterocycles. The summed E-state index contributed by atoms with van der Waals surface area (Å²) in [5, 5.41) is 0. The van der Waals surface area contributed by atoms with E-state index < -0.39 is 0 Å². The van der Waals surface area contributed by atoms with E-state index in [9.17, 15) is 4.79 Å². The number of carbonyl (C=O) groups is 1. The fraction of sp³-hybridized carbons (Fsp3) is 0.333. The highest BCUT2D eigenvalue weighted by Crippen LogP contribution is 2.23. The fourth-order valence-corrected chi connectivity index (χ4v) is 1.15. The Balaban J connectivity index is 2.70. The third kappa shape index (κ3) is 3.27. The van der Waals surface area contributed by atoms with E-state index in [0.29, 0.717) is 30.1 Å². The number of unbranched alkanes of at least 4 members (excludes halogenated alkanes) is 1. The highest BCUT2D eigenvalue weighted by Gasteiger charge is 2.03. The van der Waals surface area contributed by atoms with Gasteiger partial charge in [0.25, 0.3) is 0 Å². The first-order valence-corrected chi connectivity index (χ1v) is 4.78. The Morgan fingerprint density at radius 3 is 2.87 bits per heavy atom. The zero-order valence-corrected chi connectivity index (χ0v) is 8.73. The van der Waals surface area contributed by atoms with E-state index in [2.05, 4.69) is 0 Å². The average Bonchev–Trinajstić information content (AvgIpc) is 2.29. The van der Waals surface area contributed by atoms with Crippen LogP contribution in [0.15, 0.2) is 18.2 Å². The van der Waals surface area contributed by atoms with Crippen LogP contribution in [0.25, 0.3) is 0 Å². The van der Waals surface area contributed by atoms with Crippen LogP contribution in [-0.2, 0) is 0 Å². The Morgan fingerprint density at radius 2 is 2.27 bits per heavy atom. The zero-order chi connectivity index (χ0) is 11.1. The third-order valence-electron chi connectivity index (χ3n) is 1.95. The van der Waals surface area contributed by atoms with E-state index in [1.165, 1.54) is 7.11 Å². The van der Waals surface area contributed by atoms with Crippen molar-refractivity contribution in [3.63, 3.8) is 0 Å². The lowest BCUT2D eigenvalue weighted by Crippen LogP contribution is -1.98. The molecule has 15 heavy (non-hydrogen) atoms. The molecule has 80 valence electrons. The topological polar surface area (TPSA) is 35.5 Å². The van der Waals surface area contributed by atoms with Crippen LogP contribution in [-0.4, -0.2) is 20.0 Å². The van der Waals surface area contributed by atoms with E-state index in [-0.39, 0.29) is 0 Å². The summed E-state index contributed by atoms with van der Waals surface area (Å²) in [6.45, 7) is 5.91. The van der Waals surface area contributed by atoms with Gasteiger partial charge in [-0.1, -0.05) is 0 Å². The van der Waals surface area contributed by atoms with Gasteiger partial charge in [0.15, 0.2) is 6.29 Å². The lowest BCUT2D eigenvalue weighted by atomic mass is 10.2. The molecular formula is C12H14O3. The Labute approximate surface area is 90.0 Å². The molecule has 0 unspecified atom stereocenters. The molecule has 0 saturated carbocycles. The second kappa shape index (κ2) is 6.06. The molecule has 0 aliphatic heterocycles. The van der Waals surface area contributed by atoms with Crippen molar-refractivity contribution in [2.24, 2.45) is 0 Å². The summed E-state index contributed by atoms with van der Waals surface area (Å²) >= 11 is 0. The number of rotatable bonds is 6. The predicted molar refractivity (Wildman–Crippen MR) is 57.4 cm³/mol. The normalized spacial score (nSPS) is 9.73. The molecule has 1 aromatic rings. The van der Waals surface area contributed by atoms with Gasteiger partial charge in [0, 0.05) is 6.07 Å². The number of ether oxygens (including phenoxy) is 2. The van der Waals surface area contributed by atoms with Crippen molar-refractivity contribution in [3.05, 3.63) is 30.7 Å². The molecule has 0 spiro atoms. The SMILES string of the molecule is [CH]CCCOc1ccc(C=O)c(OC)c1. The molecule has 0 atom stereocenters. The molecule has 0 heterocycles. The van der Waals surface area contributed by atoms with Crippen LogP contribution < -0.4 is 9.47 Å². The minimum absolute atomic E-state index is 0.517. The molecule has 0 aliphatic carbocycles. The van der Waals surface area contributed by atoms with Crippen molar-refractivity contribution in [2.45, 2.75) is 12.8 Å². The third-order valence-corrected chi connectivity index (χ3v) is 1.95. The molecule has 0 N–H and O–H groups in total. The van der Waals surface area contributed by atoms with Gasteiger partial charge < -0.3 is 9.47 Å². The van der Waals surface area contributed by atoms with Crippen LogP contribution in [0.5, 0.6) is 11.5 Å². The maximum absolute atomic E-state index is 10.6. The van der Waals surface area contributed by atoms with E-state index in [4.69, 9.17) is 16.4 Å². The van der Waals surface area contributed by atoms with Gasteiger partial charge in [-0.25, -0.2) is 0 Å². The summed E-state index contributed by atoms with van der Waals surface area (Å²) in [4.78, 5) is 10.6. The van der Waals surface area contributed by atoms with Crippen molar-refractivity contribution in [1.82, 2.24) is 0 Å². The first kappa shape index (κ1) is 11.6. The predicted octanol–water partition coefficient (Wildman–Crippen LogP) is 2.38. The van der Waals surface area contributed by atoms with Gasteiger partial charge in [-0.3, -0.25) is 4.79 Å². The molecule has 0 bridgehead atoms. The molecule has 3 heteroatoms. The Hall–Kier alpha value is -1.51. The molecule has 1 aromatic carbocycles. The van der Waals surface area contributed by atoms with Gasteiger partial charge in [-0.2, -0.15) is 0 Å². The zero-order valence-electron chi connectivity index (χ0n) is 8.73. The molecule has 2 radical (unpaired) electrons. The summed E-state index contributed by atoms with van der Waals surface area (Å²) in [7, 11) is 1.52. The van der Waals surface area contributed by atoms with Crippen LogP contribution in [0.3, 0.4) is 0 Å². The van der Waals surface area contributed by atoms with E-state index in [1.54, 1.807) is 18.2 Å². The van der Waals surface area contributed by atoms with Crippen LogP contribution in [0.1, 0.15) is 23.2 Å². The number of carbonyl (C=O) groups excluding carboxylic acids is 1. The quantitative estimate of drug-likeness (QED) is 0.529. The van der Waals surface area contributed by atoms with Gasteiger partial charge in [-0.15, -0.1) is 0 Å². The van der Waals surface area contributed by atoms with Crippen molar-refractivity contribution < 1.29 is 14.3 Å². The Bertz CT molecular complexity index is 321. The molecule has 3 nitrogen and oxygen atoms in total. The summed E-state index contributed by atoms with van der Waals surface area (Å²) in [5.74, 6) is 1.21. The number of aldehydes is 1. The van der Waals surface area contributed by atoms with Crippen LogP contribution in [0, 0.1) is 6.92 Å². The smallest absolute Gasteiger partial charge is 0.153 e. The van der Waals surface area contributed by atoms with E-state index >= 15 is 0 Å². The summed E-state index contributed by atoms with van der Waals surface area (Å²) in [6.07, 6.45) is 2.16. The van der Waals surface area contributed by atoms with Crippen LogP contribution in [0.2, 0.25) is 0 Å². The van der Waals surface area contributed by atoms with Crippen molar-refractivity contribution in [3.8, 4) is 11.5 Å². The summed E-state index contributed by atoms with van der Waals surface area (Å²) < 4.78 is 10.5. The first-order valence-electron chi connectivity index (χ1n) is 4.78. The van der Waals surface area contributed by atoms with Crippen molar-refractivity contribution in [2.75, 3.05) is 13.7 Å². The lowest BCUT2D eigenvalue weighted by molar-refractivity contribution is 0.112. The van der Waals surface area contributed by atoms with E-state index in [0.717, 1.165) is 12.7 Å². The molecule has 0 amide bonds. The maximum atomic E-state index is 10.6. The molecule has 1 rings (SSSR count). The van der Waals surface area contributed by atoms with Gasteiger partial charge in [0.2, 0.25) is 0 Å². The highest BCUT2D eigenvalue weighted by atomic mass is 16.5. The fourth-order valence-electron chi connectivity index (χ4n) is 1.15. The molecule has 0 saturated heterocycles. The Morgan fingerprint density at radius 1 is 1.47 bits per heavy atom. The Kier molecular flexibility index (Phi) is 4.68. The number of hydrogen-bond donors (Lipinski definition) is 0. The van der Waals surface area contributed by atoms with Gasteiger partial charge >= 0.3 is 0 Å². The lowest BCUT2D eigenvalue weighted by Gasteiger charge is -2.08. The number of hydrogen-bond acceptors (Lipinski definition) is 3. The van der Waals surface area contributed by atoms with Gasteiger partial charge in [0.05, 0.1) is 19.3 Å². The number of methoxy groups -OCH3 is 1. The summed E-state index contributed by atoms with van der Waals surface area (Å²) in [5.41, 5.74) is 0.517. The average molecular weight is 206 g/mol. The molecular weight excluding hydrogens is 192 g/mol. The number of benzene rings is 1. The van der Waals surface area contributed by atoms with Crippen LogP contribution >= 0.6 is 0 Å². The van der Waals surface area contributed by atoms with Crippen LogP contribution in [0.4, 0.5) is 0 Å². The van der Waals surface area contributed by atoms with Crippen molar-refractivity contribution in [1.29, 1.82) is 0 Å². The highest BCUT2D eigenvalue weighted by molar-refractivity contribution is 5.79. The summed E-state index contributed by atoms with van der Waals surface area (Å²) in [6, 6.07) is 5.10. The second-order valence-electron chi connectivity index (χ2n) is 3.01. The first-order chi connectivity index (χ1) is 7.31. The standard InChI is InChI=1S/C12H14O3/c1-3-4-7-15-11-6-5-10(9-13)12(8-11)14-2/h1,5-6,8-9H,3-4,7H2,2H3. The largest absolute Gasteiger partial charge is 0.496 e. The van der Waals surface area contributed by atoms with Gasteiger partial charge in [0.1, 0.15) is 11.5 Å².